The lowest BCUT2D eigenvalue weighted by atomic mass is 10.5. The number of carbonyl (C=O) groups is 1. The van der Waals surface area contributed by atoms with Crippen molar-refractivity contribution in [2.24, 2.45) is 0 Å². The number of hydrogen-bond acceptors (Lipinski definition) is 3. The van der Waals surface area contributed by atoms with Gasteiger partial charge in [-0.3, -0.25) is 4.79 Å². The summed E-state index contributed by atoms with van der Waals surface area (Å²) in [6.07, 6.45) is 1.52. The predicted molar refractivity (Wildman–Crippen MR) is 48.3 cm³/mol. The number of rotatable bonds is 1. The van der Waals surface area contributed by atoms with Crippen LogP contribution in [0.1, 0.15) is 6.92 Å². The minimum Gasteiger partial charge on any atom is -0.425 e. The maximum absolute atomic E-state index is 10.4. The van der Waals surface area contributed by atoms with E-state index in [9.17, 15) is 4.79 Å². The lowest BCUT2D eigenvalue weighted by Crippen LogP contribution is -2.01. The number of hydrogen-bond donors (Lipinski definition) is 0. The van der Waals surface area contributed by atoms with Gasteiger partial charge in [-0.25, -0.2) is 4.98 Å². The first-order valence-electron chi connectivity index (χ1n) is 2.98. The predicted octanol–water partition coefficient (Wildman–Crippen LogP) is 1.61. The second-order valence-corrected chi connectivity index (χ2v) is 3.02. The lowest BCUT2D eigenvalue weighted by Gasteiger charge is -1.98. The Morgan fingerprint density at radius 1 is 1.64 bits per heavy atom. The molecule has 1 rings (SSSR count). The summed E-state index contributed by atoms with van der Waals surface area (Å²) < 4.78 is 5.64. The Hall–Kier alpha value is -0.650. The van der Waals surface area contributed by atoms with Gasteiger partial charge < -0.3 is 4.74 Å². The van der Waals surface area contributed by atoms with Crippen LogP contribution in [0.25, 0.3) is 0 Å². The van der Waals surface area contributed by atoms with Crippen molar-refractivity contribution >= 4 is 28.6 Å². The zero-order valence-electron chi connectivity index (χ0n) is 5.87. The molecule has 0 radical (unpaired) electrons. The summed E-state index contributed by atoms with van der Waals surface area (Å²) in [4.78, 5) is 14.4. The van der Waals surface area contributed by atoms with Crippen molar-refractivity contribution < 1.29 is 9.53 Å². The Morgan fingerprint density at radius 2 is 2.36 bits per heavy atom. The molecule has 0 saturated carbocycles. The Balaban J connectivity index is 2.74. The molecule has 1 aromatic rings. The minimum atomic E-state index is -0.326. The van der Waals surface area contributed by atoms with E-state index in [4.69, 9.17) is 4.74 Å². The van der Waals surface area contributed by atoms with Crippen molar-refractivity contribution in [2.45, 2.75) is 6.92 Å². The van der Waals surface area contributed by atoms with E-state index in [1.165, 1.54) is 13.1 Å². The van der Waals surface area contributed by atoms with Gasteiger partial charge in [0.2, 0.25) is 0 Å². The average Bonchev–Trinajstić information content (AvgIpc) is 1.93. The molecule has 1 aromatic heterocycles. The van der Waals surface area contributed by atoms with Gasteiger partial charge in [0.05, 0.1) is 6.20 Å². The Labute approximate surface area is 77.9 Å². The second-order valence-electron chi connectivity index (χ2n) is 1.91. The smallest absolute Gasteiger partial charge is 0.308 e. The second kappa shape index (κ2) is 3.66. The van der Waals surface area contributed by atoms with Gasteiger partial charge in [-0.1, -0.05) is 0 Å². The van der Waals surface area contributed by atoms with E-state index in [0.717, 1.165) is 3.70 Å². The molecule has 0 atom stereocenters. The molecule has 0 aliphatic heterocycles. The number of halogens is 1. The van der Waals surface area contributed by atoms with Crippen LogP contribution >= 0.6 is 22.6 Å². The number of aromatic nitrogens is 1. The molecule has 58 valence electrons. The first-order chi connectivity index (χ1) is 5.18. The number of pyridine rings is 1. The summed E-state index contributed by atoms with van der Waals surface area (Å²) in [5, 5.41) is 0. The van der Waals surface area contributed by atoms with Crippen LogP contribution in [0, 0.1) is 3.70 Å². The molecule has 0 N–H and O–H groups in total. The third kappa shape index (κ3) is 2.83. The van der Waals surface area contributed by atoms with Gasteiger partial charge in [0.15, 0.2) is 0 Å². The molecule has 0 spiro atoms. The van der Waals surface area contributed by atoms with Crippen LogP contribution in [0.15, 0.2) is 18.3 Å². The van der Waals surface area contributed by atoms with Crippen molar-refractivity contribution in [3.63, 3.8) is 0 Å². The van der Waals surface area contributed by atoms with Crippen LogP contribution in [0.4, 0.5) is 0 Å². The minimum absolute atomic E-state index is 0.326. The molecule has 0 aromatic carbocycles. The standard InChI is InChI=1S/C7H6INO2/c1-5(10)11-6-2-3-7(8)9-4-6/h2-4H,1H3. The van der Waals surface area contributed by atoms with E-state index in [0.29, 0.717) is 5.75 Å². The monoisotopic (exact) mass is 263 g/mol. The molecule has 0 aliphatic rings. The van der Waals surface area contributed by atoms with Gasteiger partial charge >= 0.3 is 5.97 Å². The molecular formula is C7H6INO2. The van der Waals surface area contributed by atoms with Gasteiger partial charge in [0.25, 0.3) is 0 Å². The van der Waals surface area contributed by atoms with Gasteiger partial charge in [0.1, 0.15) is 9.45 Å². The van der Waals surface area contributed by atoms with Crippen LogP contribution < -0.4 is 4.74 Å². The van der Waals surface area contributed by atoms with Gasteiger partial charge in [-0.05, 0) is 34.7 Å². The molecule has 0 bridgehead atoms. The van der Waals surface area contributed by atoms with Crippen LogP contribution in [-0.2, 0) is 4.79 Å². The molecular weight excluding hydrogens is 257 g/mol. The molecule has 0 fully saturated rings. The number of nitrogens with zero attached hydrogens (tertiary/aromatic N) is 1. The summed E-state index contributed by atoms with van der Waals surface area (Å²) in [6, 6.07) is 3.48. The number of esters is 1. The number of carbonyl (C=O) groups excluding carboxylic acids is 1. The lowest BCUT2D eigenvalue weighted by molar-refractivity contribution is -0.131. The van der Waals surface area contributed by atoms with Gasteiger partial charge in [-0.2, -0.15) is 0 Å². The fourth-order valence-corrected chi connectivity index (χ4v) is 0.908. The van der Waals surface area contributed by atoms with Crippen LogP contribution in [0.5, 0.6) is 5.75 Å². The van der Waals surface area contributed by atoms with Gasteiger partial charge in [-0.15, -0.1) is 0 Å². The Kier molecular flexibility index (Phi) is 2.81. The van der Waals surface area contributed by atoms with Crippen molar-refractivity contribution in [3.8, 4) is 5.75 Å². The van der Waals surface area contributed by atoms with E-state index >= 15 is 0 Å². The quantitative estimate of drug-likeness (QED) is 0.439. The SMILES string of the molecule is CC(=O)Oc1ccc(I)nc1. The Morgan fingerprint density at radius 3 is 2.82 bits per heavy atom. The third-order valence-electron chi connectivity index (χ3n) is 0.962. The zero-order chi connectivity index (χ0) is 8.27. The summed E-state index contributed by atoms with van der Waals surface area (Å²) in [5.41, 5.74) is 0. The third-order valence-corrected chi connectivity index (χ3v) is 1.60. The van der Waals surface area contributed by atoms with E-state index in [2.05, 4.69) is 27.6 Å². The maximum Gasteiger partial charge on any atom is 0.308 e. The highest BCUT2D eigenvalue weighted by atomic mass is 127. The maximum atomic E-state index is 10.4. The van der Waals surface area contributed by atoms with Gasteiger partial charge in [0, 0.05) is 6.92 Å². The van der Waals surface area contributed by atoms with Crippen molar-refractivity contribution in [1.29, 1.82) is 0 Å². The molecule has 0 unspecified atom stereocenters. The fourth-order valence-electron chi connectivity index (χ4n) is 0.589. The topological polar surface area (TPSA) is 39.2 Å². The van der Waals surface area contributed by atoms with Crippen molar-refractivity contribution in [2.75, 3.05) is 0 Å². The average molecular weight is 263 g/mol. The van der Waals surface area contributed by atoms with Crippen LogP contribution in [-0.4, -0.2) is 11.0 Å². The molecule has 0 amide bonds. The van der Waals surface area contributed by atoms with Crippen LogP contribution in [0.2, 0.25) is 0 Å². The van der Waals surface area contributed by atoms with E-state index in [1.54, 1.807) is 12.1 Å². The molecule has 11 heavy (non-hydrogen) atoms. The summed E-state index contributed by atoms with van der Waals surface area (Å²) >= 11 is 2.08. The molecule has 0 saturated heterocycles. The number of ether oxygens (including phenoxy) is 1. The Bertz CT molecular complexity index is 258. The molecule has 0 aliphatic carbocycles. The summed E-state index contributed by atoms with van der Waals surface area (Å²) in [7, 11) is 0. The fraction of sp³-hybridized carbons (Fsp3) is 0.143. The van der Waals surface area contributed by atoms with E-state index < -0.39 is 0 Å². The first kappa shape index (κ1) is 8.45. The summed E-state index contributed by atoms with van der Waals surface area (Å²) in [5.74, 6) is 0.158. The highest BCUT2D eigenvalue weighted by molar-refractivity contribution is 14.1. The van der Waals surface area contributed by atoms with Crippen molar-refractivity contribution in [3.05, 3.63) is 22.0 Å². The highest BCUT2D eigenvalue weighted by Gasteiger charge is 1.96. The van der Waals surface area contributed by atoms with Crippen molar-refractivity contribution in [1.82, 2.24) is 4.98 Å². The van der Waals surface area contributed by atoms with E-state index in [-0.39, 0.29) is 5.97 Å². The molecule has 3 nitrogen and oxygen atoms in total. The van der Waals surface area contributed by atoms with E-state index in [1.807, 2.05) is 0 Å². The summed E-state index contributed by atoms with van der Waals surface area (Å²) in [6.45, 7) is 1.36. The zero-order valence-corrected chi connectivity index (χ0v) is 8.03. The highest BCUT2D eigenvalue weighted by Crippen LogP contribution is 2.09. The molecule has 1 heterocycles. The molecule has 4 heteroatoms. The normalized spacial score (nSPS) is 9.27. The van der Waals surface area contributed by atoms with Crippen LogP contribution in [0.3, 0.4) is 0 Å². The first-order valence-corrected chi connectivity index (χ1v) is 4.06. The largest absolute Gasteiger partial charge is 0.425 e.